The third-order valence-corrected chi connectivity index (χ3v) is 5.86. The van der Waals surface area contributed by atoms with E-state index in [-0.39, 0.29) is 11.2 Å². The zero-order valence-corrected chi connectivity index (χ0v) is 16.2. The fourth-order valence-electron chi connectivity index (χ4n) is 2.40. The number of aromatic nitrogens is 3. The van der Waals surface area contributed by atoms with Crippen molar-refractivity contribution >= 4 is 34.0 Å². The molecule has 0 aliphatic rings. The molecule has 6 nitrogen and oxygen atoms in total. The van der Waals surface area contributed by atoms with Crippen LogP contribution in [-0.2, 0) is 11.8 Å². The first-order valence-corrected chi connectivity index (χ1v) is 9.67. The van der Waals surface area contributed by atoms with Crippen molar-refractivity contribution in [2.75, 3.05) is 5.32 Å². The third kappa shape index (κ3) is 3.64. The van der Waals surface area contributed by atoms with Gasteiger partial charge in [-0.15, -0.1) is 21.5 Å². The lowest BCUT2D eigenvalue weighted by Gasteiger charge is -2.11. The van der Waals surface area contributed by atoms with Gasteiger partial charge in [0.05, 0.1) is 10.8 Å². The fourth-order valence-corrected chi connectivity index (χ4v) is 3.95. The molecular formula is C18H17N5OS2. The van der Waals surface area contributed by atoms with Gasteiger partial charge in [-0.3, -0.25) is 4.79 Å². The van der Waals surface area contributed by atoms with Gasteiger partial charge in [-0.2, -0.15) is 5.26 Å². The van der Waals surface area contributed by atoms with E-state index in [1.54, 1.807) is 11.4 Å². The molecule has 3 rings (SSSR count). The van der Waals surface area contributed by atoms with Gasteiger partial charge in [0.25, 0.3) is 0 Å². The number of amides is 1. The number of thiophene rings is 1. The Bertz CT molecular complexity index is 986. The highest BCUT2D eigenvalue weighted by Crippen LogP contribution is 2.29. The smallest absolute Gasteiger partial charge is 0.238 e. The van der Waals surface area contributed by atoms with Gasteiger partial charge in [-0.1, -0.05) is 36.0 Å². The Hall–Kier alpha value is -2.63. The van der Waals surface area contributed by atoms with E-state index in [0.717, 1.165) is 17.0 Å². The number of thioether (sulfide) groups is 1. The van der Waals surface area contributed by atoms with Crippen molar-refractivity contribution in [2.24, 2.45) is 7.05 Å². The summed E-state index contributed by atoms with van der Waals surface area (Å²) in [7, 11) is 1.89. The lowest BCUT2D eigenvalue weighted by Crippen LogP contribution is -2.22. The number of carbonyl (C=O) groups is 1. The zero-order valence-electron chi connectivity index (χ0n) is 14.6. The van der Waals surface area contributed by atoms with Crippen LogP contribution >= 0.6 is 23.1 Å². The number of aryl methyl sites for hydroxylation is 1. The van der Waals surface area contributed by atoms with Crippen LogP contribution in [0.2, 0.25) is 0 Å². The molecule has 0 spiro atoms. The first kappa shape index (κ1) is 18.2. The molecule has 0 unspecified atom stereocenters. The quantitative estimate of drug-likeness (QED) is 0.677. The Labute approximate surface area is 159 Å². The summed E-state index contributed by atoms with van der Waals surface area (Å²) in [4.78, 5) is 12.4. The highest BCUT2D eigenvalue weighted by atomic mass is 32.2. The number of hydrogen-bond acceptors (Lipinski definition) is 6. The maximum absolute atomic E-state index is 12.4. The second-order valence-corrected chi connectivity index (χ2v) is 7.93. The van der Waals surface area contributed by atoms with E-state index in [2.05, 4.69) is 21.6 Å². The van der Waals surface area contributed by atoms with E-state index < -0.39 is 0 Å². The van der Waals surface area contributed by atoms with E-state index in [0.29, 0.717) is 15.7 Å². The number of nitrogens with one attached hydrogen (secondary N) is 1. The van der Waals surface area contributed by atoms with Crippen molar-refractivity contribution in [3.05, 3.63) is 46.8 Å². The molecule has 0 fully saturated rings. The van der Waals surface area contributed by atoms with Gasteiger partial charge in [-0.05, 0) is 30.9 Å². The van der Waals surface area contributed by atoms with Crippen LogP contribution in [-0.4, -0.2) is 25.9 Å². The van der Waals surface area contributed by atoms with Gasteiger partial charge in [-0.25, -0.2) is 0 Å². The molecule has 0 saturated heterocycles. The van der Waals surface area contributed by atoms with Crippen LogP contribution in [0.15, 0.2) is 40.9 Å². The van der Waals surface area contributed by atoms with Crippen molar-refractivity contribution in [2.45, 2.75) is 24.3 Å². The highest BCUT2D eigenvalue weighted by molar-refractivity contribution is 8.00. The summed E-state index contributed by atoms with van der Waals surface area (Å²) in [6, 6.07) is 11.7. The van der Waals surface area contributed by atoms with Crippen LogP contribution in [0.25, 0.3) is 11.4 Å². The highest BCUT2D eigenvalue weighted by Gasteiger charge is 2.21. The summed E-state index contributed by atoms with van der Waals surface area (Å²) >= 11 is 2.67. The molecule has 0 aliphatic heterocycles. The molecule has 8 heteroatoms. The standard InChI is InChI=1S/C18H17N5OS2/c1-11-6-4-5-7-14(11)15-21-22-18(23(15)3)26-12(2)16(24)20-17-13(10-19)8-9-25-17/h4-9,12H,1-3H3,(H,20,24)/t12-/m0/s1. The van der Waals surface area contributed by atoms with Gasteiger partial charge >= 0.3 is 0 Å². The molecule has 3 aromatic rings. The third-order valence-electron chi connectivity index (χ3n) is 3.89. The van der Waals surface area contributed by atoms with E-state index in [1.165, 1.54) is 23.1 Å². The maximum Gasteiger partial charge on any atom is 0.238 e. The molecule has 0 bridgehead atoms. The van der Waals surface area contributed by atoms with Crippen LogP contribution in [0.3, 0.4) is 0 Å². The van der Waals surface area contributed by atoms with Crippen molar-refractivity contribution in [3.8, 4) is 17.5 Å². The van der Waals surface area contributed by atoms with E-state index in [4.69, 9.17) is 5.26 Å². The first-order valence-electron chi connectivity index (χ1n) is 7.91. The second-order valence-electron chi connectivity index (χ2n) is 5.70. The summed E-state index contributed by atoms with van der Waals surface area (Å²) in [6.45, 7) is 3.84. The molecule has 0 aliphatic carbocycles. The predicted molar refractivity (Wildman–Crippen MR) is 104 cm³/mol. The summed E-state index contributed by atoms with van der Waals surface area (Å²) in [5, 5.41) is 23.0. The number of nitrogens with zero attached hydrogens (tertiary/aromatic N) is 4. The van der Waals surface area contributed by atoms with Crippen LogP contribution in [0, 0.1) is 18.3 Å². The van der Waals surface area contributed by atoms with Crippen molar-refractivity contribution in [1.29, 1.82) is 5.26 Å². The van der Waals surface area contributed by atoms with Gasteiger partial charge < -0.3 is 9.88 Å². The fraction of sp³-hybridized carbons (Fsp3) is 0.222. The molecule has 132 valence electrons. The zero-order chi connectivity index (χ0) is 18.7. The summed E-state index contributed by atoms with van der Waals surface area (Å²) in [6.07, 6.45) is 0. The Morgan fingerprint density at radius 1 is 1.35 bits per heavy atom. The summed E-state index contributed by atoms with van der Waals surface area (Å²) < 4.78 is 1.89. The van der Waals surface area contributed by atoms with Crippen molar-refractivity contribution in [1.82, 2.24) is 14.8 Å². The lowest BCUT2D eigenvalue weighted by atomic mass is 10.1. The number of hydrogen-bond donors (Lipinski definition) is 1. The molecule has 26 heavy (non-hydrogen) atoms. The topological polar surface area (TPSA) is 83.6 Å². The number of anilines is 1. The van der Waals surface area contributed by atoms with E-state index >= 15 is 0 Å². The first-order chi connectivity index (χ1) is 12.5. The molecule has 2 aromatic heterocycles. The van der Waals surface area contributed by atoms with Gasteiger partial charge in [0.1, 0.15) is 11.1 Å². The molecule has 1 N–H and O–H groups in total. The average molecular weight is 384 g/mol. The average Bonchev–Trinajstić information content (AvgIpc) is 3.22. The summed E-state index contributed by atoms with van der Waals surface area (Å²) in [5.74, 6) is 0.595. The molecular weight excluding hydrogens is 366 g/mol. The van der Waals surface area contributed by atoms with Crippen LogP contribution in [0.1, 0.15) is 18.1 Å². The van der Waals surface area contributed by atoms with Crippen LogP contribution < -0.4 is 5.32 Å². The lowest BCUT2D eigenvalue weighted by molar-refractivity contribution is -0.115. The molecule has 1 atom stereocenters. The van der Waals surface area contributed by atoms with Gasteiger partial charge in [0.2, 0.25) is 5.91 Å². The van der Waals surface area contributed by atoms with Crippen LogP contribution in [0.5, 0.6) is 0 Å². The molecule has 0 saturated carbocycles. The second kappa shape index (κ2) is 7.72. The monoisotopic (exact) mass is 383 g/mol. The van der Waals surface area contributed by atoms with Gasteiger partial charge in [0, 0.05) is 12.6 Å². The largest absolute Gasteiger partial charge is 0.316 e. The molecule has 2 heterocycles. The Morgan fingerprint density at radius 3 is 2.85 bits per heavy atom. The number of carbonyl (C=O) groups excluding carboxylic acids is 1. The van der Waals surface area contributed by atoms with Crippen molar-refractivity contribution in [3.63, 3.8) is 0 Å². The number of nitriles is 1. The number of benzene rings is 1. The van der Waals surface area contributed by atoms with Crippen LogP contribution in [0.4, 0.5) is 5.00 Å². The van der Waals surface area contributed by atoms with E-state index in [1.807, 2.05) is 49.7 Å². The maximum atomic E-state index is 12.4. The predicted octanol–water partition coefficient (Wildman–Crippen LogP) is 3.84. The minimum atomic E-state index is -0.378. The summed E-state index contributed by atoms with van der Waals surface area (Å²) in [5.41, 5.74) is 2.61. The normalized spacial score (nSPS) is 11.8. The number of rotatable bonds is 5. The molecule has 1 aromatic carbocycles. The Balaban J connectivity index is 1.74. The van der Waals surface area contributed by atoms with E-state index in [9.17, 15) is 4.79 Å². The minimum Gasteiger partial charge on any atom is -0.316 e. The SMILES string of the molecule is Cc1ccccc1-c1nnc(S[C@@H](C)C(=O)Nc2sccc2C#N)n1C. The molecule has 0 radical (unpaired) electrons. The Morgan fingerprint density at radius 2 is 2.12 bits per heavy atom. The van der Waals surface area contributed by atoms with Gasteiger partial charge in [0.15, 0.2) is 11.0 Å². The van der Waals surface area contributed by atoms with Crippen molar-refractivity contribution < 1.29 is 4.79 Å². The molecule has 1 amide bonds. The minimum absolute atomic E-state index is 0.172. The Kier molecular flexibility index (Phi) is 5.40.